The molecule has 1 N–H and O–H groups in total. The van der Waals surface area contributed by atoms with Crippen LogP contribution in [0, 0.1) is 50.7 Å². The second-order valence-electron chi connectivity index (χ2n) is 17.7. The maximum absolute atomic E-state index is 15.0. The van der Waals surface area contributed by atoms with E-state index in [1.165, 1.54) is 38.5 Å². The zero-order chi connectivity index (χ0) is 31.4. The second-order valence-corrected chi connectivity index (χ2v) is 17.7. The predicted octanol–water partition coefficient (Wildman–Crippen LogP) is 8.62. The summed E-state index contributed by atoms with van der Waals surface area (Å²) in [7, 11) is 0. The monoisotopic (exact) mass is 613 g/mol. The quantitative estimate of drug-likeness (QED) is 0.375. The number of aromatic nitrogens is 2. The average molecular weight is 614 g/mol. The van der Waals surface area contributed by atoms with Crippen molar-refractivity contribution in [2.45, 2.75) is 130 Å². The number of benzene rings is 1. The Bertz CT molecular complexity index is 1450. The molecule has 244 valence electrons. The maximum Gasteiger partial charge on any atom is 0.249 e. The van der Waals surface area contributed by atoms with Gasteiger partial charge in [-0.3, -0.25) is 4.79 Å². The molecular weight excluding hydrogens is 558 g/mol. The molecule has 0 bridgehead atoms. The Kier molecular flexibility index (Phi) is 6.80. The van der Waals surface area contributed by atoms with Crippen molar-refractivity contribution in [1.82, 2.24) is 15.0 Å². The van der Waals surface area contributed by atoms with Crippen LogP contribution in [-0.4, -0.2) is 38.7 Å². The van der Waals surface area contributed by atoms with Crippen molar-refractivity contribution in [2.75, 3.05) is 6.54 Å². The minimum atomic E-state index is -0.240. The number of hydrogen-bond acceptors (Lipinski definition) is 5. The van der Waals surface area contributed by atoms with Gasteiger partial charge in [-0.15, -0.1) is 0 Å². The summed E-state index contributed by atoms with van der Waals surface area (Å²) < 4.78 is 5.86. The number of rotatable bonds is 3. The Morgan fingerprint density at radius 3 is 2.42 bits per heavy atom. The number of carbonyl (C=O) groups is 1. The van der Waals surface area contributed by atoms with E-state index >= 15 is 0 Å². The van der Waals surface area contributed by atoms with Crippen LogP contribution in [0.5, 0.6) is 0 Å². The number of nitrogens with zero attached hydrogens (tertiary/aromatic N) is 3. The van der Waals surface area contributed by atoms with E-state index in [1.807, 2.05) is 30.3 Å². The van der Waals surface area contributed by atoms with Crippen LogP contribution in [-0.2, 0) is 4.79 Å². The van der Waals surface area contributed by atoms with Gasteiger partial charge in [-0.05, 0) is 122 Å². The standard InChI is InChI=1S/C39H55N3O3/c1-35(2)29-17-21-38(5)30(36(29,3)20-18-31(35)43)16-15-26-27-13-9-19-39(27,23-22-37(26,38)4)34(44)42-24-10-14-28(42)33-40-32(41-45-33)25-11-7-6-8-12-25/h6-8,11-12,26-31,43H,9-10,13-24H2,1-5H3/t26?,27?,28-,29?,30?,31?,36?,37-,38+,39?/m1/s1. The Labute approximate surface area is 270 Å². The summed E-state index contributed by atoms with van der Waals surface area (Å²) in [5.74, 6) is 3.96. The molecule has 2 heterocycles. The van der Waals surface area contributed by atoms with Gasteiger partial charge < -0.3 is 14.5 Å². The topological polar surface area (TPSA) is 79.5 Å². The minimum absolute atomic E-state index is 0.0157. The predicted molar refractivity (Wildman–Crippen MR) is 175 cm³/mol. The lowest BCUT2D eigenvalue weighted by Gasteiger charge is -2.72. The first-order valence-electron chi connectivity index (χ1n) is 18.3. The van der Waals surface area contributed by atoms with Gasteiger partial charge in [0.05, 0.1) is 11.5 Å². The van der Waals surface area contributed by atoms with Gasteiger partial charge in [0.15, 0.2) is 0 Å². The molecule has 8 rings (SSSR count). The van der Waals surface area contributed by atoms with Crippen LogP contribution in [0.4, 0.5) is 0 Å². The molecule has 6 fully saturated rings. The van der Waals surface area contributed by atoms with Crippen molar-refractivity contribution in [3.8, 4) is 11.4 Å². The number of aliphatic hydroxyl groups excluding tert-OH is 1. The van der Waals surface area contributed by atoms with Crippen LogP contribution in [0.15, 0.2) is 34.9 Å². The van der Waals surface area contributed by atoms with Crippen molar-refractivity contribution < 1.29 is 14.4 Å². The van der Waals surface area contributed by atoms with Crippen molar-refractivity contribution in [1.29, 1.82) is 0 Å². The highest BCUT2D eigenvalue weighted by Gasteiger charge is 2.71. The number of likely N-dealkylation sites (tertiary alicyclic amines) is 1. The third-order valence-corrected chi connectivity index (χ3v) is 16.0. The Balaban J connectivity index is 1.07. The molecule has 5 saturated carbocycles. The zero-order valence-electron chi connectivity index (χ0n) is 28.4. The second kappa shape index (κ2) is 10.1. The molecule has 0 spiro atoms. The van der Waals surface area contributed by atoms with Crippen molar-refractivity contribution in [2.24, 2.45) is 50.7 Å². The van der Waals surface area contributed by atoms with Crippen molar-refractivity contribution in [3.05, 3.63) is 36.2 Å². The van der Waals surface area contributed by atoms with E-state index in [1.54, 1.807) is 0 Å². The van der Waals surface area contributed by atoms with Crippen LogP contribution in [0.2, 0.25) is 0 Å². The fourth-order valence-electron chi connectivity index (χ4n) is 13.6. The molecule has 1 aliphatic heterocycles. The van der Waals surface area contributed by atoms with Gasteiger partial charge in [-0.1, -0.05) is 76.5 Å². The highest BCUT2D eigenvalue weighted by molar-refractivity contribution is 5.84. The number of amides is 1. The normalized spacial score (nSPS) is 45.3. The summed E-state index contributed by atoms with van der Waals surface area (Å²) in [4.78, 5) is 21.9. The molecule has 0 radical (unpaired) electrons. The third-order valence-electron chi connectivity index (χ3n) is 16.0. The van der Waals surface area contributed by atoms with Crippen LogP contribution < -0.4 is 0 Å². The first kappa shape index (κ1) is 30.1. The van der Waals surface area contributed by atoms with Crippen LogP contribution in [0.1, 0.15) is 130 Å². The molecule has 2 aromatic rings. The molecule has 1 saturated heterocycles. The number of fused-ring (bicyclic) bond motifs is 7. The van der Waals surface area contributed by atoms with Crippen LogP contribution in [0.3, 0.4) is 0 Å². The van der Waals surface area contributed by atoms with E-state index in [0.717, 1.165) is 57.1 Å². The number of hydrogen-bond donors (Lipinski definition) is 1. The van der Waals surface area contributed by atoms with Gasteiger partial charge >= 0.3 is 0 Å². The van der Waals surface area contributed by atoms with E-state index in [0.29, 0.717) is 41.3 Å². The Hall–Kier alpha value is -2.21. The third kappa shape index (κ3) is 3.99. The van der Waals surface area contributed by atoms with E-state index in [9.17, 15) is 9.90 Å². The fraction of sp³-hybridized carbons (Fsp3) is 0.769. The highest BCUT2D eigenvalue weighted by atomic mass is 16.5. The first-order valence-corrected chi connectivity index (χ1v) is 18.3. The number of carbonyl (C=O) groups excluding carboxylic acids is 1. The largest absolute Gasteiger partial charge is 0.393 e. The first-order chi connectivity index (χ1) is 21.5. The van der Waals surface area contributed by atoms with E-state index < -0.39 is 0 Å². The van der Waals surface area contributed by atoms with E-state index in [-0.39, 0.29) is 39.2 Å². The summed E-state index contributed by atoms with van der Waals surface area (Å²) in [6.07, 6.45) is 14.5. The molecule has 7 unspecified atom stereocenters. The molecule has 6 nitrogen and oxygen atoms in total. The molecule has 45 heavy (non-hydrogen) atoms. The summed E-state index contributed by atoms with van der Waals surface area (Å²) in [5, 5.41) is 15.4. The van der Waals surface area contributed by atoms with Gasteiger partial charge in [-0.25, -0.2) is 0 Å². The summed E-state index contributed by atoms with van der Waals surface area (Å²) in [6, 6.07) is 9.89. The SMILES string of the molecule is CC1(C)C(O)CCC2(C)C1CC[C@@]1(C)C2CCC2C3CCCC3(C(=O)N3CCC[C@@H]3c3nc(-c4ccccc4)no3)CC[C@]21C. The molecule has 5 aliphatic carbocycles. The number of aliphatic hydroxyl groups is 1. The average Bonchev–Trinajstić information content (AvgIpc) is 3.80. The van der Waals surface area contributed by atoms with E-state index in [4.69, 9.17) is 9.51 Å². The molecular formula is C39H55N3O3. The zero-order valence-corrected chi connectivity index (χ0v) is 28.4. The van der Waals surface area contributed by atoms with Gasteiger partial charge in [-0.2, -0.15) is 4.98 Å². The fourth-order valence-corrected chi connectivity index (χ4v) is 13.6. The van der Waals surface area contributed by atoms with Crippen molar-refractivity contribution >= 4 is 5.91 Å². The Morgan fingerprint density at radius 1 is 0.822 bits per heavy atom. The smallest absolute Gasteiger partial charge is 0.249 e. The van der Waals surface area contributed by atoms with E-state index in [2.05, 4.69) is 44.7 Å². The van der Waals surface area contributed by atoms with Crippen LogP contribution >= 0.6 is 0 Å². The summed E-state index contributed by atoms with van der Waals surface area (Å²) >= 11 is 0. The van der Waals surface area contributed by atoms with Gasteiger partial charge in [0.1, 0.15) is 6.04 Å². The van der Waals surface area contributed by atoms with Crippen molar-refractivity contribution in [3.63, 3.8) is 0 Å². The minimum Gasteiger partial charge on any atom is -0.393 e. The van der Waals surface area contributed by atoms with Crippen LogP contribution in [0.25, 0.3) is 11.4 Å². The Morgan fingerprint density at radius 2 is 1.62 bits per heavy atom. The molecule has 1 aromatic heterocycles. The molecule has 10 atom stereocenters. The van der Waals surface area contributed by atoms with Gasteiger partial charge in [0.25, 0.3) is 0 Å². The highest BCUT2D eigenvalue weighted by Crippen LogP contribution is 2.77. The lowest BCUT2D eigenvalue weighted by molar-refractivity contribution is -0.245. The maximum atomic E-state index is 15.0. The molecule has 1 amide bonds. The summed E-state index contributed by atoms with van der Waals surface area (Å²) in [5.41, 5.74) is 1.52. The molecule has 6 heteroatoms. The molecule has 1 aromatic carbocycles. The van der Waals surface area contributed by atoms with Gasteiger partial charge in [0, 0.05) is 12.1 Å². The lowest BCUT2D eigenvalue weighted by atomic mass is 9.32. The molecule has 6 aliphatic rings. The van der Waals surface area contributed by atoms with Gasteiger partial charge in [0.2, 0.25) is 17.6 Å². The summed E-state index contributed by atoms with van der Waals surface area (Å²) in [6.45, 7) is 13.4. The lowest BCUT2D eigenvalue weighted by Crippen LogP contribution is -2.67.